The van der Waals surface area contributed by atoms with Gasteiger partial charge >= 0.3 is 0 Å². The van der Waals surface area contributed by atoms with Crippen LogP contribution in [0.2, 0.25) is 0 Å². The standard InChI is InChI=1S/C19H15FN2O2/c20-7-8-22-16-4-2-1-3-12(16)13-6-5-11-9-15(19(21)24)17(23)10-14(11)18(13)22/h1-6,9-10,23H,7-8H2,(H2,21,24). The first-order valence-electron chi connectivity index (χ1n) is 7.64. The fourth-order valence-electron chi connectivity index (χ4n) is 3.42. The molecule has 3 N–H and O–H groups in total. The third-order valence-electron chi connectivity index (χ3n) is 4.44. The van der Waals surface area contributed by atoms with Crippen LogP contribution in [0.1, 0.15) is 10.4 Å². The molecule has 0 radical (unpaired) electrons. The van der Waals surface area contributed by atoms with Gasteiger partial charge in [-0.25, -0.2) is 4.39 Å². The minimum Gasteiger partial charge on any atom is -0.507 e. The number of aryl methyl sites for hydroxylation is 1. The minimum atomic E-state index is -0.682. The van der Waals surface area contributed by atoms with Crippen molar-refractivity contribution in [3.05, 3.63) is 54.1 Å². The maximum absolute atomic E-state index is 13.1. The Kier molecular flexibility index (Phi) is 3.16. The second kappa shape index (κ2) is 5.23. The summed E-state index contributed by atoms with van der Waals surface area (Å²) in [7, 11) is 0. The van der Waals surface area contributed by atoms with Crippen LogP contribution in [-0.4, -0.2) is 22.3 Å². The van der Waals surface area contributed by atoms with E-state index in [1.54, 1.807) is 6.07 Å². The lowest BCUT2D eigenvalue weighted by Gasteiger charge is -2.09. The molecular formula is C19H15FN2O2. The molecule has 5 heteroatoms. The number of carbonyl (C=O) groups excluding carboxylic acids is 1. The average molecular weight is 322 g/mol. The molecule has 4 nitrogen and oxygen atoms in total. The Morgan fingerprint density at radius 2 is 1.88 bits per heavy atom. The van der Waals surface area contributed by atoms with E-state index in [0.29, 0.717) is 0 Å². The maximum atomic E-state index is 13.1. The van der Waals surface area contributed by atoms with Crippen LogP contribution in [0.4, 0.5) is 4.39 Å². The molecule has 24 heavy (non-hydrogen) atoms. The molecule has 0 aliphatic carbocycles. The molecule has 4 aromatic rings. The SMILES string of the molecule is NC(=O)c1cc2ccc3c4ccccc4n(CCF)c3c2cc1O. The largest absolute Gasteiger partial charge is 0.507 e. The molecule has 0 aliphatic heterocycles. The number of rotatable bonds is 3. The first-order chi connectivity index (χ1) is 11.6. The lowest BCUT2D eigenvalue weighted by Crippen LogP contribution is -2.11. The first-order valence-corrected chi connectivity index (χ1v) is 7.64. The Bertz CT molecular complexity index is 1110. The Morgan fingerprint density at radius 3 is 2.62 bits per heavy atom. The number of hydrogen-bond acceptors (Lipinski definition) is 2. The topological polar surface area (TPSA) is 68.2 Å². The number of fused-ring (bicyclic) bond motifs is 5. The van der Waals surface area contributed by atoms with Crippen molar-refractivity contribution in [2.75, 3.05) is 6.67 Å². The van der Waals surface area contributed by atoms with Gasteiger partial charge in [0.05, 0.1) is 17.6 Å². The highest BCUT2D eigenvalue weighted by atomic mass is 19.1. The van der Waals surface area contributed by atoms with Gasteiger partial charge in [0.1, 0.15) is 12.4 Å². The summed E-state index contributed by atoms with van der Waals surface area (Å²) in [5, 5.41) is 13.7. The maximum Gasteiger partial charge on any atom is 0.252 e. The highest BCUT2D eigenvalue weighted by Crippen LogP contribution is 2.36. The predicted molar refractivity (Wildman–Crippen MR) is 93.1 cm³/mol. The van der Waals surface area contributed by atoms with Crippen LogP contribution in [0, 0.1) is 0 Å². The normalized spacial score (nSPS) is 11.5. The zero-order valence-corrected chi connectivity index (χ0v) is 12.8. The Labute approximate surface area is 136 Å². The first kappa shape index (κ1) is 14.5. The van der Waals surface area contributed by atoms with E-state index in [0.717, 1.165) is 32.6 Å². The number of primary amides is 1. The monoisotopic (exact) mass is 322 g/mol. The van der Waals surface area contributed by atoms with E-state index in [9.17, 15) is 14.3 Å². The summed E-state index contributed by atoms with van der Waals surface area (Å²) in [5.74, 6) is -0.849. The lowest BCUT2D eigenvalue weighted by molar-refractivity contribution is 0.0998. The van der Waals surface area contributed by atoms with E-state index >= 15 is 0 Å². The molecule has 1 heterocycles. The van der Waals surface area contributed by atoms with Gasteiger partial charge in [-0.2, -0.15) is 0 Å². The van der Waals surface area contributed by atoms with Gasteiger partial charge in [0, 0.05) is 21.7 Å². The van der Waals surface area contributed by atoms with Gasteiger partial charge in [-0.3, -0.25) is 4.79 Å². The smallest absolute Gasteiger partial charge is 0.252 e. The highest BCUT2D eigenvalue weighted by molar-refractivity contribution is 6.18. The molecule has 4 rings (SSSR count). The number of halogens is 1. The van der Waals surface area contributed by atoms with Gasteiger partial charge in [-0.1, -0.05) is 30.3 Å². The van der Waals surface area contributed by atoms with Crippen LogP contribution in [-0.2, 0) is 6.54 Å². The predicted octanol–water partition coefficient (Wildman–Crippen LogP) is 3.72. The van der Waals surface area contributed by atoms with Crippen LogP contribution < -0.4 is 5.73 Å². The number of hydrogen-bond donors (Lipinski definition) is 2. The number of alkyl halides is 1. The fraction of sp³-hybridized carbons (Fsp3) is 0.105. The van der Waals surface area contributed by atoms with Crippen molar-refractivity contribution < 1.29 is 14.3 Å². The van der Waals surface area contributed by atoms with E-state index in [1.165, 1.54) is 6.07 Å². The second-order valence-electron chi connectivity index (χ2n) is 5.77. The third kappa shape index (κ3) is 1.94. The number of para-hydroxylation sites is 1. The van der Waals surface area contributed by atoms with Crippen LogP contribution in [0.5, 0.6) is 5.75 Å². The molecule has 0 atom stereocenters. The van der Waals surface area contributed by atoms with Crippen molar-refractivity contribution in [1.82, 2.24) is 4.57 Å². The van der Waals surface area contributed by atoms with Crippen molar-refractivity contribution in [1.29, 1.82) is 0 Å². The summed E-state index contributed by atoms with van der Waals surface area (Å²) < 4.78 is 15.0. The fourth-order valence-corrected chi connectivity index (χ4v) is 3.42. The molecule has 0 fully saturated rings. The third-order valence-corrected chi connectivity index (χ3v) is 4.44. The number of amides is 1. The molecule has 0 saturated heterocycles. The van der Waals surface area contributed by atoms with Crippen molar-refractivity contribution in [2.24, 2.45) is 5.73 Å². The van der Waals surface area contributed by atoms with Crippen LogP contribution in [0.3, 0.4) is 0 Å². The molecule has 0 spiro atoms. The number of aromatic nitrogens is 1. The van der Waals surface area contributed by atoms with Crippen molar-refractivity contribution >= 4 is 38.5 Å². The average Bonchev–Trinajstić information content (AvgIpc) is 2.89. The minimum absolute atomic E-state index is 0.0787. The summed E-state index contributed by atoms with van der Waals surface area (Å²) in [6, 6.07) is 14.8. The van der Waals surface area contributed by atoms with Gasteiger partial charge < -0.3 is 15.4 Å². The van der Waals surface area contributed by atoms with Gasteiger partial charge in [0.25, 0.3) is 5.91 Å². The number of aromatic hydroxyl groups is 1. The quantitative estimate of drug-likeness (QED) is 0.603. The van der Waals surface area contributed by atoms with Gasteiger partial charge in [0.15, 0.2) is 0 Å². The zero-order chi connectivity index (χ0) is 16.8. The van der Waals surface area contributed by atoms with Crippen molar-refractivity contribution in [3.8, 4) is 5.75 Å². The summed E-state index contributed by atoms with van der Waals surface area (Å²) >= 11 is 0. The Hall–Kier alpha value is -3.08. The molecule has 0 bridgehead atoms. The summed E-state index contributed by atoms with van der Waals surface area (Å²) in [6.45, 7) is -0.267. The van der Waals surface area contributed by atoms with Gasteiger partial charge in [0.2, 0.25) is 0 Å². The second-order valence-corrected chi connectivity index (χ2v) is 5.77. The van der Waals surface area contributed by atoms with E-state index in [4.69, 9.17) is 5.73 Å². The van der Waals surface area contributed by atoms with E-state index in [2.05, 4.69) is 0 Å². The van der Waals surface area contributed by atoms with Crippen molar-refractivity contribution in [2.45, 2.75) is 6.54 Å². The lowest BCUT2D eigenvalue weighted by atomic mass is 10.0. The van der Waals surface area contributed by atoms with Crippen LogP contribution >= 0.6 is 0 Å². The molecule has 0 unspecified atom stereocenters. The molecular weight excluding hydrogens is 307 g/mol. The molecule has 120 valence electrons. The van der Waals surface area contributed by atoms with E-state index in [1.807, 2.05) is 41.0 Å². The summed E-state index contributed by atoms with van der Waals surface area (Å²) in [4.78, 5) is 11.4. The number of nitrogens with zero attached hydrogens (tertiary/aromatic N) is 1. The zero-order valence-electron chi connectivity index (χ0n) is 12.8. The van der Waals surface area contributed by atoms with E-state index in [-0.39, 0.29) is 17.9 Å². The van der Waals surface area contributed by atoms with E-state index < -0.39 is 12.6 Å². The molecule has 1 amide bonds. The summed E-state index contributed by atoms with van der Waals surface area (Å²) in [6.07, 6.45) is 0. The number of nitrogens with two attached hydrogens (primary N) is 1. The number of carbonyl (C=O) groups is 1. The Balaban J connectivity index is 2.21. The molecule has 1 aromatic heterocycles. The highest BCUT2D eigenvalue weighted by Gasteiger charge is 2.16. The molecule has 0 aliphatic rings. The number of phenols is 1. The van der Waals surface area contributed by atoms with Crippen LogP contribution in [0.25, 0.3) is 32.6 Å². The molecule has 0 saturated carbocycles. The summed E-state index contributed by atoms with van der Waals surface area (Å²) in [5.41, 5.74) is 7.17. The van der Waals surface area contributed by atoms with Crippen molar-refractivity contribution in [3.63, 3.8) is 0 Å². The van der Waals surface area contributed by atoms with Gasteiger partial charge in [-0.15, -0.1) is 0 Å². The van der Waals surface area contributed by atoms with Crippen LogP contribution in [0.15, 0.2) is 48.5 Å². The molecule has 3 aromatic carbocycles. The van der Waals surface area contributed by atoms with Gasteiger partial charge in [-0.05, 0) is 23.6 Å². The number of benzene rings is 3. The Morgan fingerprint density at radius 1 is 1.08 bits per heavy atom.